The van der Waals surface area contributed by atoms with E-state index >= 15 is 0 Å². The van der Waals surface area contributed by atoms with Crippen LogP contribution >= 0.6 is 11.6 Å². The molecule has 0 aliphatic rings. The van der Waals surface area contributed by atoms with Gasteiger partial charge in [-0.05, 0) is 30.2 Å². The summed E-state index contributed by atoms with van der Waals surface area (Å²) in [7, 11) is 0. The van der Waals surface area contributed by atoms with Crippen LogP contribution in [0.2, 0.25) is 5.02 Å². The number of fused-ring (bicyclic) bond motifs is 4. The van der Waals surface area contributed by atoms with Crippen LogP contribution in [-0.2, 0) is 13.1 Å². The van der Waals surface area contributed by atoms with Gasteiger partial charge in [0.05, 0.1) is 17.6 Å². The first-order valence-corrected chi connectivity index (χ1v) is 12.4. The molecule has 0 bridgehead atoms. The molecular formula is C27H28ClN5O. The molecule has 174 valence electrons. The highest BCUT2D eigenvalue weighted by Crippen LogP contribution is 2.26. The fourth-order valence-electron chi connectivity index (χ4n) is 4.52. The molecule has 6 nitrogen and oxygen atoms in total. The molecule has 0 amide bonds. The summed E-state index contributed by atoms with van der Waals surface area (Å²) in [4.78, 5) is 28.1. The van der Waals surface area contributed by atoms with Crippen molar-refractivity contribution >= 4 is 44.8 Å². The van der Waals surface area contributed by atoms with Crippen LogP contribution in [0.1, 0.15) is 51.0 Å². The minimum absolute atomic E-state index is 0.124. The summed E-state index contributed by atoms with van der Waals surface area (Å²) in [6.07, 6.45) is 8.77. The number of aryl methyl sites for hydroxylation is 1. The van der Waals surface area contributed by atoms with Crippen LogP contribution in [0.5, 0.6) is 0 Å². The molecule has 0 unspecified atom stereocenters. The molecule has 0 radical (unpaired) electrons. The number of nitrogens with zero attached hydrogens (tertiary/aromatic N) is 5. The Balaban J connectivity index is 1.61. The van der Waals surface area contributed by atoms with Gasteiger partial charge in [-0.15, -0.1) is 0 Å². The Hall–Kier alpha value is -3.25. The van der Waals surface area contributed by atoms with Crippen molar-refractivity contribution in [3.63, 3.8) is 0 Å². The van der Waals surface area contributed by atoms with E-state index in [1.807, 2.05) is 48.5 Å². The summed E-state index contributed by atoms with van der Waals surface area (Å²) >= 11 is 6.35. The Morgan fingerprint density at radius 2 is 1.56 bits per heavy atom. The molecule has 0 spiro atoms. The average Bonchev–Trinajstić information content (AvgIpc) is 3.16. The van der Waals surface area contributed by atoms with Gasteiger partial charge in [-0.1, -0.05) is 81.0 Å². The van der Waals surface area contributed by atoms with Crippen molar-refractivity contribution in [1.82, 2.24) is 24.1 Å². The van der Waals surface area contributed by atoms with E-state index in [4.69, 9.17) is 26.6 Å². The molecule has 0 aliphatic carbocycles. The first-order chi connectivity index (χ1) is 16.7. The minimum atomic E-state index is -0.124. The Kier molecular flexibility index (Phi) is 6.59. The Labute approximate surface area is 203 Å². The third kappa shape index (κ3) is 4.30. The van der Waals surface area contributed by atoms with Crippen LogP contribution < -0.4 is 5.56 Å². The number of hydrogen-bond donors (Lipinski definition) is 0. The molecule has 34 heavy (non-hydrogen) atoms. The summed E-state index contributed by atoms with van der Waals surface area (Å²) in [5, 5.41) is 1.15. The van der Waals surface area contributed by atoms with Crippen LogP contribution in [-0.4, -0.2) is 24.1 Å². The van der Waals surface area contributed by atoms with Crippen LogP contribution in [0.15, 0.2) is 59.7 Å². The van der Waals surface area contributed by atoms with Crippen molar-refractivity contribution in [3.8, 4) is 0 Å². The second kappa shape index (κ2) is 9.94. The molecule has 5 rings (SSSR count). The summed E-state index contributed by atoms with van der Waals surface area (Å²) in [6, 6.07) is 15.3. The van der Waals surface area contributed by atoms with Gasteiger partial charge < -0.3 is 4.57 Å². The Morgan fingerprint density at radius 1 is 0.853 bits per heavy atom. The van der Waals surface area contributed by atoms with Crippen LogP contribution in [0.3, 0.4) is 0 Å². The lowest BCUT2D eigenvalue weighted by molar-refractivity contribution is 0.568. The van der Waals surface area contributed by atoms with E-state index in [1.165, 1.54) is 25.7 Å². The van der Waals surface area contributed by atoms with Gasteiger partial charge in [-0.3, -0.25) is 9.36 Å². The summed E-state index contributed by atoms with van der Waals surface area (Å²) in [5.41, 5.74) is 4.33. The number of halogens is 1. The number of rotatable bonds is 9. The Bertz CT molecular complexity index is 1520. The lowest BCUT2D eigenvalue weighted by Crippen LogP contribution is -2.21. The zero-order valence-electron chi connectivity index (χ0n) is 19.4. The lowest BCUT2D eigenvalue weighted by Gasteiger charge is -2.09. The van der Waals surface area contributed by atoms with E-state index in [9.17, 15) is 4.79 Å². The van der Waals surface area contributed by atoms with Crippen LogP contribution in [0, 0.1) is 0 Å². The van der Waals surface area contributed by atoms with Gasteiger partial charge in [0.1, 0.15) is 17.2 Å². The highest BCUT2D eigenvalue weighted by Gasteiger charge is 2.20. The first kappa shape index (κ1) is 22.5. The molecule has 3 heterocycles. The zero-order chi connectivity index (χ0) is 23.5. The second-order valence-electron chi connectivity index (χ2n) is 8.77. The molecular weight excluding hydrogens is 446 g/mol. The number of benzene rings is 2. The van der Waals surface area contributed by atoms with Gasteiger partial charge >= 0.3 is 0 Å². The summed E-state index contributed by atoms with van der Waals surface area (Å²) in [5.74, 6) is 0. The maximum Gasteiger partial charge on any atom is 0.265 e. The molecule has 3 aromatic heterocycles. The molecule has 0 fully saturated rings. The lowest BCUT2D eigenvalue weighted by atomic mass is 10.1. The zero-order valence-corrected chi connectivity index (χ0v) is 20.1. The van der Waals surface area contributed by atoms with E-state index < -0.39 is 0 Å². The molecule has 0 saturated carbocycles. The van der Waals surface area contributed by atoms with Crippen molar-refractivity contribution in [2.75, 3.05) is 0 Å². The third-order valence-corrected chi connectivity index (χ3v) is 6.72. The predicted octanol–water partition coefficient (Wildman–Crippen LogP) is 6.36. The first-order valence-electron chi connectivity index (χ1n) is 12.0. The smallest absolute Gasteiger partial charge is 0.265 e. The van der Waals surface area contributed by atoms with Crippen molar-refractivity contribution in [3.05, 3.63) is 75.8 Å². The van der Waals surface area contributed by atoms with E-state index in [0.29, 0.717) is 28.1 Å². The molecule has 0 aliphatic heterocycles. The number of hydrogen-bond acceptors (Lipinski definition) is 4. The largest absolute Gasteiger partial charge is 0.308 e. The molecule has 5 aromatic rings. The van der Waals surface area contributed by atoms with Crippen LogP contribution in [0.4, 0.5) is 0 Å². The monoisotopic (exact) mass is 473 g/mol. The molecule has 7 heteroatoms. The fraction of sp³-hybridized carbons (Fsp3) is 0.333. The van der Waals surface area contributed by atoms with E-state index in [1.54, 1.807) is 10.9 Å². The van der Waals surface area contributed by atoms with Gasteiger partial charge in [0.25, 0.3) is 5.56 Å². The highest BCUT2D eigenvalue weighted by atomic mass is 35.5. The third-order valence-electron chi connectivity index (χ3n) is 6.35. The number of unbranched alkanes of at least 4 members (excludes halogenated alkanes) is 5. The molecule has 0 atom stereocenters. The van der Waals surface area contributed by atoms with Gasteiger partial charge in [-0.25, -0.2) is 15.0 Å². The van der Waals surface area contributed by atoms with E-state index in [-0.39, 0.29) is 5.56 Å². The number of aromatic nitrogens is 5. The van der Waals surface area contributed by atoms with Crippen molar-refractivity contribution < 1.29 is 0 Å². The van der Waals surface area contributed by atoms with Gasteiger partial charge in [-0.2, -0.15) is 0 Å². The summed E-state index contributed by atoms with van der Waals surface area (Å²) in [6.45, 7) is 3.35. The highest BCUT2D eigenvalue weighted by molar-refractivity contribution is 6.31. The van der Waals surface area contributed by atoms with E-state index in [2.05, 4.69) is 11.5 Å². The summed E-state index contributed by atoms with van der Waals surface area (Å²) < 4.78 is 3.68. The SMILES string of the molecule is CCCCCCCCn1c2nc3ccccc3nc2c2c(=O)n(Cc3ccccc3Cl)cnc21. The van der Waals surface area contributed by atoms with Gasteiger partial charge in [0.15, 0.2) is 11.3 Å². The Morgan fingerprint density at radius 3 is 2.35 bits per heavy atom. The predicted molar refractivity (Wildman–Crippen MR) is 139 cm³/mol. The van der Waals surface area contributed by atoms with Gasteiger partial charge in [0.2, 0.25) is 0 Å². The fourth-order valence-corrected chi connectivity index (χ4v) is 4.72. The van der Waals surface area contributed by atoms with E-state index in [0.717, 1.165) is 41.6 Å². The topological polar surface area (TPSA) is 65.6 Å². The minimum Gasteiger partial charge on any atom is -0.308 e. The maximum atomic E-state index is 13.7. The van der Waals surface area contributed by atoms with Crippen molar-refractivity contribution in [2.24, 2.45) is 0 Å². The van der Waals surface area contributed by atoms with Gasteiger partial charge in [0, 0.05) is 11.6 Å². The average molecular weight is 474 g/mol. The molecule has 2 aromatic carbocycles. The quantitative estimate of drug-likeness (QED) is 0.234. The van der Waals surface area contributed by atoms with Crippen molar-refractivity contribution in [2.45, 2.75) is 58.5 Å². The number of para-hydroxylation sites is 2. The normalized spacial score (nSPS) is 11.7. The molecule has 0 N–H and O–H groups in total. The molecule has 0 saturated heterocycles. The second-order valence-corrected chi connectivity index (χ2v) is 9.18. The standard InChI is InChI=1S/C27H28ClN5O/c1-2-3-4-5-6-11-16-33-25-23(24-26(33)31-22-15-10-9-14-21(22)30-24)27(34)32(18-29-25)17-19-12-7-8-13-20(19)28/h7-10,12-15,18H,2-6,11,16-17H2,1H3. The maximum absolute atomic E-state index is 13.7. The van der Waals surface area contributed by atoms with Crippen molar-refractivity contribution in [1.29, 1.82) is 0 Å². The van der Waals surface area contributed by atoms with Crippen LogP contribution in [0.25, 0.3) is 33.2 Å².